The Morgan fingerprint density at radius 3 is 2.34 bits per heavy atom. The number of nitrogens with one attached hydrogen (secondary N) is 4. The maximum absolute atomic E-state index is 14.1. The van der Waals surface area contributed by atoms with E-state index in [-0.39, 0.29) is 25.2 Å². The summed E-state index contributed by atoms with van der Waals surface area (Å²) in [6, 6.07) is 7.28. The molecule has 0 bridgehead atoms. The summed E-state index contributed by atoms with van der Waals surface area (Å²) in [5.41, 5.74) is 0.391. The van der Waals surface area contributed by atoms with E-state index in [2.05, 4.69) is 26.3 Å². The summed E-state index contributed by atoms with van der Waals surface area (Å²) >= 11 is 0. The highest BCUT2D eigenvalue weighted by Crippen LogP contribution is 2.22. The maximum atomic E-state index is 14.1. The van der Waals surface area contributed by atoms with Crippen molar-refractivity contribution in [3.8, 4) is 5.75 Å². The molecule has 0 spiro atoms. The number of aromatic hydroxyl groups is 1. The van der Waals surface area contributed by atoms with E-state index in [4.69, 9.17) is 4.74 Å². The summed E-state index contributed by atoms with van der Waals surface area (Å²) in [5, 5.41) is 20.3. The normalized spacial score (nSPS) is 25.8. The molecule has 1 aromatic heterocycles. The zero-order chi connectivity index (χ0) is 35.8. The van der Waals surface area contributed by atoms with Crippen molar-refractivity contribution in [2.24, 2.45) is 0 Å². The lowest BCUT2D eigenvalue weighted by Gasteiger charge is -2.37. The van der Waals surface area contributed by atoms with Crippen molar-refractivity contribution in [1.29, 1.82) is 0 Å². The summed E-state index contributed by atoms with van der Waals surface area (Å²) in [7, 11) is 0. The SMILES string of the molecule is CC1OC(=O)CNC(=O)C2CCCCN2C(=O)C(Cc2ccccc2)NC(=O)C2CCCN2C(=O)CNC(=O)C1NC(=O)c1ncccc1O. The molecule has 3 saturated heterocycles. The van der Waals surface area contributed by atoms with Crippen LogP contribution in [0.15, 0.2) is 48.7 Å². The van der Waals surface area contributed by atoms with Crippen LogP contribution in [0.5, 0.6) is 5.75 Å². The Morgan fingerprint density at radius 2 is 1.58 bits per heavy atom. The molecule has 50 heavy (non-hydrogen) atoms. The zero-order valence-corrected chi connectivity index (χ0v) is 27.6. The number of benzene rings is 1. The second-order valence-electron chi connectivity index (χ2n) is 12.5. The Bertz CT molecular complexity index is 1620. The standard InChI is InChI=1S/C34H41N7O9/c1-20-28(39-33(48)29-25(42)13-7-14-35-29)32(47)36-18-26(43)40-16-8-12-24(40)31(46)38-22(17-21-9-3-2-4-10-21)34(49)41-15-6-5-11-23(41)30(45)37-19-27(44)50-20/h2-4,7,9-10,13-14,20,22-24,28,42H,5-6,8,11-12,15-19H2,1H3,(H,36,47)(H,37,45)(H,38,46)(H,39,48). The van der Waals surface area contributed by atoms with Crippen molar-refractivity contribution in [2.75, 3.05) is 26.2 Å². The lowest BCUT2D eigenvalue weighted by atomic mass is 9.97. The van der Waals surface area contributed by atoms with Gasteiger partial charge in [-0.15, -0.1) is 0 Å². The van der Waals surface area contributed by atoms with Gasteiger partial charge in [-0.05, 0) is 56.7 Å². The molecule has 16 nitrogen and oxygen atoms in total. The fraction of sp³-hybridized carbons (Fsp3) is 0.471. The number of cyclic esters (lactones) is 1. The van der Waals surface area contributed by atoms with E-state index in [1.54, 1.807) is 0 Å². The molecule has 5 atom stereocenters. The zero-order valence-electron chi connectivity index (χ0n) is 27.6. The van der Waals surface area contributed by atoms with Gasteiger partial charge < -0.3 is 40.9 Å². The Morgan fingerprint density at radius 1 is 0.880 bits per heavy atom. The number of carbonyl (C=O) groups excluding carboxylic acids is 7. The highest BCUT2D eigenvalue weighted by molar-refractivity contribution is 5.99. The van der Waals surface area contributed by atoms with Crippen molar-refractivity contribution in [3.63, 3.8) is 0 Å². The molecule has 3 aliphatic heterocycles. The van der Waals surface area contributed by atoms with Crippen molar-refractivity contribution in [3.05, 3.63) is 59.9 Å². The molecule has 16 heteroatoms. The number of ether oxygens (including phenoxy) is 1. The third-order valence-corrected chi connectivity index (χ3v) is 9.04. The lowest BCUT2D eigenvalue weighted by Crippen LogP contribution is -2.60. The monoisotopic (exact) mass is 691 g/mol. The minimum atomic E-state index is -1.55. The molecule has 4 heterocycles. The fourth-order valence-electron chi connectivity index (χ4n) is 6.47. The first-order valence-corrected chi connectivity index (χ1v) is 16.7. The van der Waals surface area contributed by atoms with Gasteiger partial charge in [0.1, 0.15) is 42.6 Å². The van der Waals surface area contributed by atoms with Crippen LogP contribution in [0.2, 0.25) is 0 Å². The molecule has 3 fully saturated rings. The highest BCUT2D eigenvalue weighted by atomic mass is 16.5. The van der Waals surface area contributed by atoms with E-state index < -0.39 is 90.5 Å². The molecule has 0 aliphatic carbocycles. The van der Waals surface area contributed by atoms with Gasteiger partial charge in [0.15, 0.2) is 5.69 Å². The molecular weight excluding hydrogens is 650 g/mol. The number of carbonyl (C=O) groups is 7. The van der Waals surface area contributed by atoms with Crippen LogP contribution in [0.4, 0.5) is 0 Å². The molecule has 0 saturated carbocycles. The summed E-state index contributed by atoms with van der Waals surface area (Å²) < 4.78 is 5.42. The molecule has 5 unspecified atom stereocenters. The first-order valence-electron chi connectivity index (χ1n) is 16.7. The smallest absolute Gasteiger partial charge is 0.325 e. The maximum Gasteiger partial charge on any atom is 0.325 e. The van der Waals surface area contributed by atoms with Gasteiger partial charge in [-0.3, -0.25) is 33.6 Å². The number of nitrogens with zero attached hydrogens (tertiary/aromatic N) is 3. The van der Waals surface area contributed by atoms with Crippen LogP contribution in [-0.2, 0) is 39.9 Å². The van der Waals surface area contributed by atoms with E-state index >= 15 is 0 Å². The second kappa shape index (κ2) is 16.2. The first-order chi connectivity index (χ1) is 24.0. The van der Waals surface area contributed by atoms with E-state index in [9.17, 15) is 38.7 Å². The Labute approximate surface area is 288 Å². The van der Waals surface area contributed by atoms with Gasteiger partial charge in [-0.1, -0.05) is 30.3 Å². The average Bonchev–Trinajstić information content (AvgIpc) is 3.62. The van der Waals surface area contributed by atoms with Crippen molar-refractivity contribution in [1.82, 2.24) is 36.1 Å². The van der Waals surface area contributed by atoms with Crippen LogP contribution in [0.3, 0.4) is 0 Å². The number of hydrogen-bond donors (Lipinski definition) is 5. The number of pyridine rings is 1. The van der Waals surface area contributed by atoms with Gasteiger partial charge in [0.05, 0.1) is 6.54 Å². The average molecular weight is 692 g/mol. The first kappa shape index (κ1) is 35.8. The van der Waals surface area contributed by atoms with Crippen LogP contribution < -0.4 is 21.3 Å². The van der Waals surface area contributed by atoms with Gasteiger partial charge >= 0.3 is 5.97 Å². The molecule has 5 N–H and O–H groups in total. The third kappa shape index (κ3) is 8.54. The minimum Gasteiger partial charge on any atom is -0.505 e. The summed E-state index contributed by atoms with van der Waals surface area (Å²) in [6.07, 6.45) is 2.53. The minimum absolute atomic E-state index is 0.139. The van der Waals surface area contributed by atoms with Gasteiger partial charge in [0, 0.05) is 25.7 Å². The predicted octanol–water partition coefficient (Wildman–Crippen LogP) is -0.837. The van der Waals surface area contributed by atoms with Gasteiger partial charge in [-0.2, -0.15) is 0 Å². The number of amides is 6. The molecular formula is C34H41N7O9. The largest absolute Gasteiger partial charge is 0.505 e. The number of hydrogen-bond acceptors (Lipinski definition) is 10. The van der Waals surface area contributed by atoms with Gasteiger partial charge in [0.25, 0.3) is 5.91 Å². The van der Waals surface area contributed by atoms with E-state index in [1.807, 2.05) is 30.3 Å². The van der Waals surface area contributed by atoms with Crippen LogP contribution in [-0.4, -0.2) is 118 Å². The Hall–Kier alpha value is -5.54. The summed E-state index contributed by atoms with van der Waals surface area (Å²) in [5.74, 6) is -5.41. The third-order valence-electron chi connectivity index (χ3n) is 9.04. The van der Waals surface area contributed by atoms with E-state index in [0.717, 1.165) is 5.56 Å². The molecule has 1 aromatic carbocycles. The van der Waals surface area contributed by atoms with Gasteiger partial charge in [0.2, 0.25) is 29.5 Å². The highest BCUT2D eigenvalue weighted by Gasteiger charge is 2.40. The number of rotatable bonds is 4. The number of esters is 1. The predicted molar refractivity (Wildman–Crippen MR) is 175 cm³/mol. The number of piperidine rings is 1. The Kier molecular flexibility index (Phi) is 11.6. The lowest BCUT2D eigenvalue weighted by molar-refractivity contribution is -0.152. The molecule has 266 valence electrons. The summed E-state index contributed by atoms with van der Waals surface area (Å²) in [6.45, 7) is 0.662. The van der Waals surface area contributed by atoms with Crippen molar-refractivity contribution >= 4 is 41.4 Å². The number of fused-ring (bicyclic) bond motifs is 2. The molecule has 6 amide bonds. The van der Waals surface area contributed by atoms with Crippen LogP contribution >= 0.6 is 0 Å². The van der Waals surface area contributed by atoms with E-state index in [1.165, 1.54) is 35.1 Å². The van der Waals surface area contributed by atoms with Crippen LogP contribution in [0.25, 0.3) is 0 Å². The molecule has 2 aromatic rings. The molecule has 3 aliphatic rings. The van der Waals surface area contributed by atoms with Crippen LogP contribution in [0.1, 0.15) is 55.1 Å². The Balaban J connectivity index is 1.43. The quantitative estimate of drug-likeness (QED) is 0.251. The fourth-order valence-corrected chi connectivity index (χ4v) is 6.47. The molecule has 0 radical (unpaired) electrons. The number of aromatic nitrogens is 1. The summed E-state index contributed by atoms with van der Waals surface area (Å²) in [4.78, 5) is 101. The van der Waals surface area contributed by atoms with Crippen molar-refractivity contribution in [2.45, 2.75) is 75.7 Å². The van der Waals surface area contributed by atoms with Gasteiger partial charge in [-0.25, -0.2) is 4.98 Å². The topological polar surface area (TPSA) is 216 Å². The van der Waals surface area contributed by atoms with Crippen molar-refractivity contribution < 1.29 is 43.4 Å². The van der Waals surface area contributed by atoms with E-state index in [0.29, 0.717) is 32.1 Å². The second-order valence-corrected chi connectivity index (χ2v) is 12.5. The van der Waals surface area contributed by atoms with Crippen LogP contribution in [0, 0.1) is 0 Å². The molecule has 5 rings (SSSR count).